The summed E-state index contributed by atoms with van der Waals surface area (Å²) in [7, 11) is 1.35. The lowest BCUT2D eigenvalue weighted by molar-refractivity contribution is -0.366. The van der Waals surface area contributed by atoms with Gasteiger partial charge < -0.3 is 29.9 Å². The fourth-order valence-electron chi connectivity index (χ4n) is 6.46. The summed E-state index contributed by atoms with van der Waals surface area (Å²) in [5.74, 6) is -1.11. The Kier molecular flexibility index (Phi) is 7.50. The second-order valence-corrected chi connectivity index (χ2v) is 11.4. The Bertz CT molecular complexity index is 1040. The van der Waals surface area contributed by atoms with Gasteiger partial charge in [0.25, 0.3) is 0 Å². The van der Waals surface area contributed by atoms with Crippen molar-refractivity contribution in [2.24, 2.45) is 5.41 Å². The molecule has 0 amide bonds. The van der Waals surface area contributed by atoms with Crippen molar-refractivity contribution in [3.8, 4) is 0 Å². The van der Waals surface area contributed by atoms with Crippen LogP contribution >= 0.6 is 11.6 Å². The second kappa shape index (κ2) is 10.3. The van der Waals surface area contributed by atoms with E-state index in [1.54, 1.807) is 18.2 Å². The van der Waals surface area contributed by atoms with Crippen molar-refractivity contribution in [2.45, 2.75) is 87.5 Å². The number of halogens is 1. The van der Waals surface area contributed by atoms with Gasteiger partial charge >= 0.3 is 0 Å². The Morgan fingerprint density at radius 3 is 2.25 bits per heavy atom. The molecule has 4 N–H and O–H groups in total. The first-order chi connectivity index (χ1) is 17.3. The minimum Gasteiger partial charge on any atom is -0.394 e. The lowest BCUT2D eigenvalue weighted by atomic mass is 9.58. The number of aliphatic hydroxyl groups is 4. The number of benzene rings is 2. The first-order valence-electron chi connectivity index (χ1n) is 13.1. The number of hydrogen-bond acceptors (Lipinski definition) is 6. The SMILES string of the molecule is COC1(c2ccc(Cl)c(Cc3ccc(C4CCC5(CCC5)CC4)cc3)c2)OC(CO)C(O)C(O)C1O. The van der Waals surface area contributed by atoms with Crippen LogP contribution in [0.1, 0.15) is 73.1 Å². The van der Waals surface area contributed by atoms with Gasteiger partial charge in [-0.05, 0) is 85.1 Å². The third kappa shape index (κ3) is 4.62. The van der Waals surface area contributed by atoms with Crippen LogP contribution in [0.25, 0.3) is 0 Å². The smallest absolute Gasteiger partial charge is 0.224 e. The zero-order chi connectivity index (χ0) is 25.5. The van der Waals surface area contributed by atoms with E-state index in [0.29, 0.717) is 28.3 Å². The highest BCUT2D eigenvalue weighted by Crippen LogP contribution is 2.54. The van der Waals surface area contributed by atoms with Gasteiger partial charge in [0.15, 0.2) is 0 Å². The lowest BCUT2D eigenvalue weighted by Gasteiger charge is -2.47. The molecule has 2 aliphatic carbocycles. The standard InChI is InChI=1S/C29H37ClO6/c1-35-29(27(34)26(33)25(32)24(17-31)36-29)22-7-8-23(30)21(16-22)15-18-3-5-19(6-4-18)20-9-13-28(14-10-20)11-2-12-28/h3-8,16,20,24-27,31-34H,2,9-15,17H2,1H3. The predicted octanol–water partition coefficient (Wildman–Crippen LogP) is 4.03. The molecule has 2 aromatic carbocycles. The van der Waals surface area contributed by atoms with Crippen molar-refractivity contribution in [3.05, 3.63) is 69.7 Å². The maximum atomic E-state index is 10.8. The molecule has 6 nitrogen and oxygen atoms in total. The van der Waals surface area contributed by atoms with Crippen molar-refractivity contribution in [1.82, 2.24) is 0 Å². The molecule has 36 heavy (non-hydrogen) atoms. The van der Waals surface area contributed by atoms with Crippen molar-refractivity contribution >= 4 is 11.6 Å². The fraction of sp³-hybridized carbons (Fsp3) is 0.586. The first kappa shape index (κ1) is 26.1. The summed E-state index contributed by atoms with van der Waals surface area (Å²) in [6, 6.07) is 14.0. The van der Waals surface area contributed by atoms with E-state index in [-0.39, 0.29) is 0 Å². The molecular weight excluding hydrogens is 480 g/mol. The molecule has 3 aliphatic rings. The summed E-state index contributed by atoms with van der Waals surface area (Å²) < 4.78 is 11.4. The van der Waals surface area contributed by atoms with E-state index in [2.05, 4.69) is 24.3 Å². The summed E-state index contributed by atoms with van der Waals surface area (Å²) in [6.45, 7) is -0.537. The van der Waals surface area contributed by atoms with Crippen molar-refractivity contribution in [3.63, 3.8) is 0 Å². The number of ether oxygens (including phenoxy) is 2. The highest BCUT2D eigenvalue weighted by molar-refractivity contribution is 6.31. The zero-order valence-corrected chi connectivity index (χ0v) is 21.5. The number of hydrogen-bond donors (Lipinski definition) is 4. The van der Waals surface area contributed by atoms with Crippen LogP contribution in [0.4, 0.5) is 0 Å². The van der Waals surface area contributed by atoms with Crippen LogP contribution < -0.4 is 0 Å². The van der Waals surface area contributed by atoms with Gasteiger partial charge in [-0.2, -0.15) is 0 Å². The van der Waals surface area contributed by atoms with E-state index in [0.717, 1.165) is 11.1 Å². The molecule has 1 saturated heterocycles. The zero-order valence-electron chi connectivity index (χ0n) is 20.8. The highest BCUT2D eigenvalue weighted by atomic mass is 35.5. The third-order valence-corrected chi connectivity index (χ3v) is 9.38. The molecule has 2 saturated carbocycles. The van der Waals surface area contributed by atoms with Gasteiger partial charge in [-0.25, -0.2) is 0 Å². The van der Waals surface area contributed by atoms with E-state index in [1.165, 1.54) is 57.6 Å². The summed E-state index contributed by atoms with van der Waals surface area (Å²) in [5, 5.41) is 41.6. The van der Waals surface area contributed by atoms with Crippen LogP contribution in [0.2, 0.25) is 5.02 Å². The van der Waals surface area contributed by atoms with Gasteiger partial charge in [-0.15, -0.1) is 0 Å². The lowest BCUT2D eigenvalue weighted by Crippen LogP contribution is -2.64. The average Bonchev–Trinajstić information content (AvgIpc) is 2.89. The summed E-state index contributed by atoms with van der Waals surface area (Å²) in [5.41, 5.74) is 4.46. The number of rotatable bonds is 6. The molecule has 3 fully saturated rings. The van der Waals surface area contributed by atoms with Crippen LogP contribution in [-0.2, 0) is 21.7 Å². The van der Waals surface area contributed by atoms with Crippen molar-refractivity contribution < 1.29 is 29.9 Å². The predicted molar refractivity (Wildman–Crippen MR) is 137 cm³/mol. The molecule has 1 heterocycles. The van der Waals surface area contributed by atoms with Crippen LogP contribution in [0.3, 0.4) is 0 Å². The van der Waals surface area contributed by atoms with Crippen LogP contribution in [-0.4, -0.2) is 58.6 Å². The van der Waals surface area contributed by atoms with E-state index in [1.807, 2.05) is 0 Å². The molecular formula is C29H37ClO6. The Morgan fingerprint density at radius 1 is 0.972 bits per heavy atom. The molecule has 5 unspecified atom stereocenters. The fourth-order valence-corrected chi connectivity index (χ4v) is 6.65. The summed E-state index contributed by atoms with van der Waals surface area (Å²) in [4.78, 5) is 0. The van der Waals surface area contributed by atoms with Gasteiger partial charge in [0.05, 0.1) is 6.61 Å². The quantitative estimate of drug-likeness (QED) is 0.462. The van der Waals surface area contributed by atoms with Crippen molar-refractivity contribution in [2.75, 3.05) is 13.7 Å². The molecule has 5 atom stereocenters. The van der Waals surface area contributed by atoms with E-state index < -0.39 is 36.8 Å². The normalized spacial score (nSPS) is 32.4. The Hall–Kier alpha value is -1.51. The first-order valence-corrected chi connectivity index (χ1v) is 13.4. The van der Waals surface area contributed by atoms with E-state index in [9.17, 15) is 20.4 Å². The average molecular weight is 517 g/mol. The van der Waals surface area contributed by atoms with Gasteiger partial charge in [-0.1, -0.05) is 48.4 Å². The van der Waals surface area contributed by atoms with Crippen LogP contribution in [0, 0.1) is 5.41 Å². The van der Waals surface area contributed by atoms with E-state index in [4.69, 9.17) is 21.1 Å². The summed E-state index contributed by atoms with van der Waals surface area (Å²) >= 11 is 6.54. The minimum absolute atomic E-state index is 0.449. The topological polar surface area (TPSA) is 99.4 Å². The summed E-state index contributed by atoms with van der Waals surface area (Å²) in [6.07, 6.45) is 4.43. The van der Waals surface area contributed by atoms with E-state index >= 15 is 0 Å². The highest BCUT2D eigenvalue weighted by Gasteiger charge is 2.55. The minimum atomic E-state index is -1.76. The van der Waals surface area contributed by atoms with Gasteiger partial charge in [-0.3, -0.25) is 0 Å². The Morgan fingerprint density at radius 2 is 1.67 bits per heavy atom. The van der Waals surface area contributed by atoms with Crippen LogP contribution in [0.5, 0.6) is 0 Å². The van der Waals surface area contributed by atoms with Crippen molar-refractivity contribution in [1.29, 1.82) is 0 Å². The van der Waals surface area contributed by atoms with Gasteiger partial charge in [0.2, 0.25) is 5.79 Å². The molecule has 5 rings (SSSR count). The Balaban J connectivity index is 1.34. The Labute approximate surface area is 217 Å². The molecule has 1 aliphatic heterocycles. The van der Waals surface area contributed by atoms with Gasteiger partial charge in [0.1, 0.15) is 24.4 Å². The monoisotopic (exact) mass is 516 g/mol. The second-order valence-electron chi connectivity index (χ2n) is 11.0. The molecule has 0 aromatic heterocycles. The maximum Gasteiger partial charge on any atom is 0.224 e. The molecule has 196 valence electrons. The molecule has 0 radical (unpaired) electrons. The third-order valence-electron chi connectivity index (χ3n) is 9.01. The molecule has 2 aromatic rings. The largest absolute Gasteiger partial charge is 0.394 e. The molecule has 0 bridgehead atoms. The number of aliphatic hydroxyl groups excluding tert-OH is 4. The molecule has 7 heteroatoms. The van der Waals surface area contributed by atoms with Crippen LogP contribution in [0.15, 0.2) is 42.5 Å². The number of methoxy groups -OCH3 is 1. The molecule has 1 spiro atoms. The maximum absolute atomic E-state index is 10.8. The van der Waals surface area contributed by atoms with Gasteiger partial charge in [0, 0.05) is 17.7 Å².